The van der Waals surface area contributed by atoms with Crippen LogP contribution in [0, 0.1) is 0 Å². The van der Waals surface area contributed by atoms with Crippen LogP contribution in [0.5, 0.6) is 0 Å². The number of carbonyl (C=O) groups is 1. The lowest BCUT2D eigenvalue weighted by atomic mass is 10.2. The second-order valence-corrected chi connectivity index (χ2v) is 4.08. The Morgan fingerprint density at radius 1 is 1.28 bits per heavy atom. The van der Waals surface area contributed by atoms with E-state index < -0.39 is 5.97 Å². The Bertz CT molecular complexity index is 558. The Labute approximate surface area is 109 Å². The minimum absolute atomic E-state index is 0.173. The standard InChI is InChI=1S/C13H11ClN2O2/c14-12-2-1-10(15)7-11(12)13(17)18-8-9-3-5-16-6-4-9/h1-7H,8,15H2. The molecule has 0 spiro atoms. The molecule has 0 aliphatic rings. The van der Waals surface area contributed by atoms with Crippen molar-refractivity contribution in [2.45, 2.75) is 6.61 Å². The van der Waals surface area contributed by atoms with Crippen LogP contribution in [-0.4, -0.2) is 11.0 Å². The van der Waals surface area contributed by atoms with Gasteiger partial charge in [-0.25, -0.2) is 4.79 Å². The lowest BCUT2D eigenvalue weighted by Crippen LogP contribution is -2.06. The first-order valence-corrected chi connectivity index (χ1v) is 5.65. The van der Waals surface area contributed by atoms with Gasteiger partial charge in [-0.05, 0) is 35.9 Å². The normalized spacial score (nSPS) is 10.1. The van der Waals surface area contributed by atoms with E-state index >= 15 is 0 Å². The van der Waals surface area contributed by atoms with Crippen molar-refractivity contribution in [1.82, 2.24) is 4.98 Å². The van der Waals surface area contributed by atoms with Crippen LogP contribution in [0.2, 0.25) is 5.02 Å². The van der Waals surface area contributed by atoms with E-state index in [9.17, 15) is 4.79 Å². The minimum atomic E-state index is -0.496. The average Bonchev–Trinajstić information content (AvgIpc) is 2.40. The summed E-state index contributed by atoms with van der Waals surface area (Å²) < 4.78 is 5.14. The highest BCUT2D eigenvalue weighted by atomic mass is 35.5. The molecule has 0 amide bonds. The Kier molecular flexibility index (Phi) is 3.79. The third kappa shape index (κ3) is 2.99. The molecule has 0 saturated heterocycles. The molecule has 0 radical (unpaired) electrons. The van der Waals surface area contributed by atoms with E-state index in [1.165, 1.54) is 6.07 Å². The van der Waals surface area contributed by atoms with Gasteiger partial charge in [-0.15, -0.1) is 0 Å². The molecule has 2 N–H and O–H groups in total. The summed E-state index contributed by atoms with van der Waals surface area (Å²) in [7, 11) is 0. The Morgan fingerprint density at radius 3 is 2.72 bits per heavy atom. The summed E-state index contributed by atoms with van der Waals surface area (Å²) in [5.74, 6) is -0.496. The topological polar surface area (TPSA) is 65.2 Å². The van der Waals surface area contributed by atoms with Gasteiger partial charge in [0.05, 0.1) is 10.6 Å². The molecule has 1 aromatic carbocycles. The third-order valence-corrected chi connectivity index (χ3v) is 2.66. The van der Waals surface area contributed by atoms with E-state index in [0.29, 0.717) is 10.7 Å². The summed E-state index contributed by atoms with van der Waals surface area (Å²) in [5, 5.41) is 0.323. The Morgan fingerprint density at radius 2 is 2.00 bits per heavy atom. The van der Waals surface area contributed by atoms with Crippen LogP contribution in [-0.2, 0) is 11.3 Å². The molecule has 0 unspecified atom stereocenters. The van der Waals surface area contributed by atoms with E-state index in [1.807, 2.05) is 0 Å². The zero-order valence-electron chi connectivity index (χ0n) is 9.47. The number of esters is 1. The fourth-order valence-electron chi connectivity index (χ4n) is 1.40. The zero-order valence-corrected chi connectivity index (χ0v) is 10.2. The van der Waals surface area contributed by atoms with Crippen molar-refractivity contribution in [2.75, 3.05) is 5.73 Å². The van der Waals surface area contributed by atoms with Gasteiger partial charge in [0.1, 0.15) is 6.61 Å². The SMILES string of the molecule is Nc1ccc(Cl)c(C(=O)OCc2ccncc2)c1. The van der Waals surface area contributed by atoms with Gasteiger partial charge in [0.15, 0.2) is 0 Å². The second-order valence-electron chi connectivity index (χ2n) is 3.67. The highest BCUT2D eigenvalue weighted by Crippen LogP contribution is 2.20. The monoisotopic (exact) mass is 262 g/mol. The molecule has 0 aliphatic heterocycles. The number of ether oxygens (including phenoxy) is 1. The largest absolute Gasteiger partial charge is 0.457 e. The molecule has 0 fully saturated rings. The average molecular weight is 263 g/mol. The van der Waals surface area contributed by atoms with Crippen LogP contribution in [0.15, 0.2) is 42.7 Å². The molecular weight excluding hydrogens is 252 g/mol. The van der Waals surface area contributed by atoms with Crippen LogP contribution in [0.25, 0.3) is 0 Å². The van der Waals surface area contributed by atoms with Gasteiger partial charge in [0.25, 0.3) is 0 Å². The van der Waals surface area contributed by atoms with Crippen molar-refractivity contribution < 1.29 is 9.53 Å². The quantitative estimate of drug-likeness (QED) is 0.682. The molecule has 0 atom stereocenters. The number of nitrogens with zero attached hydrogens (tertiary/aromatic N) is 1. The summed E-state index contributed by atoms with van der Waals surface area (Å²) in [6.45, 7) is 0.173. The van der Waals surface area contributed by atoms with Crippen LogP contribution in [0.3, 0.4) is 0 Å². The van der Waals surface area contributed by atoms with E-state index in [4.69, 9.17) is 22.1 Å². The molecule has 0 aliphatic carbocycles. The van der Waals surface area contributed by atoms with Gasteiger partial charge in [0.2, 0.25) is 0 Å². The first kappa shape index (κ1) is 12.4. The lowest BCUT2D eigenvalue weighted by Gasteiger charge is -2.06. The predicted octanol–water partition coefficient (Wildman–Crippen LogP) is 2.67. The summed E-state index contributed by atoms with van der Waals surface area (Å²) in [4.78, 5) is 15.7. The maximum Gasteiger partial charge on any atom is 0.340 e. The molecule has 5 heteroatoms. The fourth-order valence-corrected chi connectivity index (χ4v) is 1.60. The maximum absolute atomic E-state index is 11.8. The van der Waals surface area contributed by atoms with E-state index in [0.717, 1.165) is 5.56 Å². The summed E-state index contributed by atoms with van der Waals surface area (Å²) >= 11 is 5.91. The minimum Gasteiger partial charge on any atom is -0.457 e. The number of aromatic nitrogens is 1. The van der Waals surface area contributed by atoms with Crippen LogP contribution in [0.4, 0.5) is 5.69 Å². The number of halogens is 1. The second kappa shape index (κ2) is 5.51. The number of hydrogen-bond donors (Lipinski definition) is 1. The first-order chi connectivity index (χ1) is 8.66. The van der Waals surface area contributed by atoms with Gasteiger partial charge >= 0.3 is 5.97 Å². The van der Waals surface area contributed by atoms with Gasteiger partial charge in [-0.1, -0.05) is 11.6 Å². The predicted molar refractivity (Wildman–Crippen MR) is 69.2 cm³/mol. The number of carbonyl (C=O) groups excluding carboxylic acids is 1. The van der Waals surface area contributed by atoms with Gasteiger partial charge < -0.3 is 10.5 Å². The molecule has 0 bridgehead atoms. The molecule has 1 heterocycles. The Hall–Kier alpha value is -2.07. The molecule has 0 saturated carbocycles. The van der Waals surface area contributed by atoms with Crippen molar-refractivity contribution >= 4 is 23.3 Å². The third-order valence-electron chi connectivity index (χ3n) is 2.33. The number of hydrogen-bond acceptors (Lipinski definition) is 4. The zero-order chi connectivity index (χ0) is 13.0. The maximum atomic E-state index is 11.8. The molecule has 1 aromatic heterocycles. The van der Waals surface area contributed by atoms with Crippen LogP contribution >= 0.6 is 11.6 Å². The molecule has 18 heavy (non-hydrogen) atoms. The number of anilines is 1. The number of benzene rings is 1. The summed E-state index contributed by atoms with van der Waals surface area (Å²) in [5.41, 5.74) is 7.19. The lowest BCUT2D eigenvalue weighted by molar-refractivity contribution is 0.0473. The fraction of sp³-hybridized carbons (Fsp3) is 0.0769. The molecule has 4 nitrogen and oxygen atoms in total. The number of rotatable bonds is 3. The molecule has 2 aromatic rings. The molecular formula is C13H11ClN2O2. The smallest absolute Gasteiger partial charge is 0.340 e. The van der Waals surface area contributed by atoms with E-state index in [-0.39, 0.29) is 12.2 Å². The van der Waals surface area contributed by atoms with Crippen LogP contribution in [0.1, 0.15) is 15.9 Å². The first-order valence-electron chi connectivity index (χ1n) is 5.28. The van der Waals surface area contributed by atoms with E-state index in [1.54, 1.807) is 36.7 Å². The summed E-state index contributed by atoms with van der Waals surface area (Å²) in [6.07, 6.45) is 3.27. The number of nitrogens with two attached hydrogens (primary N) is 1. The molecule has 2 rings (SSSR count). The number of pyridine rings is 1. The highest BCUT2D eigenvalue weighted by molar-refractivity contribution is 6.33. The van der Waals surface area contributed by atoms with Crippen molar-refractivity contribution in [3.05, 3.63) is 58.9 Å². The van der Waals surface area contributed by atoms with Crippen molar-refractivity contribution in [1.29, 1.82) is 0 Å². The van der Waals surface area contributed by atoms with Gasteiger partial charge in [-0.2, -0.15) is 0 Å². The molecule has 92 valence electrons. The van der Waals surface area contributed by atoms with Crippen LogP contribution < -0.4 is 5.73 Å². The highest BCUT2D eigenvalue weighted by Gasteiger charge is 2.12. The van der Waals surface area contributed by atoms with E-state index in [2.05, 4.69) is 4.98 Å². The summed E-state index contributed by atoms with van der Waals surface area (Å²) in [6, 6.07) is 8.24. The van der Waals surface area contributed by atoms with Gasteiger partial charge in [-0.3, -0.25) is 4.98 Å². The number of nitrogen functional groups attached to an aromatic ring is 1. The van der Waals surface area contributed by atoms with Crippen molar-refractivity contribution in [3.63, 3.8) is 0 Å². The van der Waals surface area contributed by atoms with Crippen molar-refractivity contribution in [2.24, 2.45) is 0 Å². The van der Waals surface area contributed by atoms with Gasteiger partial charge in [0, 0.05) is 18.1 Å². The van der Waals surface area contributed by atoms with Crippen molar-refractivity contribution in [3.8, 4) is 0 Å². The Balaban J connectivity index is 2.06.